The Morgan fingerprint density at radius 3 is 2.14 bits per heavy atom. The molecule has 0 N–H and O–H groups in total. The summed E-state index contributed by atoms with van der Waals surface area (Å²) in [4.78, 5) is 4.86. The molecule has 260 valence electrons. The molecule has 51 heavy (non-hydrogen) atoms. The summed E-state index contributed by atoms with van der Waals surface area (Å²) in [6.45, 7) is 22.4. The van der Waals surface area contributed by atoms with Gasteiger partial charge in [0.15, 0.2) is 0 Å². The molecule has 0 atom stereocenters. The highest BCUT2D eigenvalue weighted by atomic mass is 16.5. The molecule has 0 saturated heterocycles. The Kier molecular flexibility index (Phi) is 8.87. The van der Waals surface area contributed by atoms with E-state index in [-0.39, 0.29) is 5.41 Å². The Labute approximate surface area is 302 Å². The van der Waals surface area contributed by atoms with E-state index in [1.54, 1.807) is 0 Å². The summed E-state index contributed by atoms with van der Waals surface area (Å²) in [6.07, 6.45) is 2.94. The molecule has 3 aromatic heterocycles. The first-order valence-electron chi connectivity index (χ1n) is 18.3. The summed E-state index contributed by atoms with van der Waals surface area (Å²) >= 11 is 0. The second-order valence-electron chi connectivity index (χ2n) is 15.9. The van der Waals surface area contributed by atoms with Crippen LogP contribution in [0.4, 0.5) is 0 Å². The number of aryl methyl sites for hydroxylation is 3. The number of para-hydroxylation sites is 1. The minimum Gasteiger partial charge on any atom is -0.457 e. The fraction of sp³-hybridized carbons (Fsp3) is 0.304. The van der Waals surface area contributed by atoms with Crippen molar-refractivity contribution in [3.05, 3.63) is 131 Å². The molecular formula is C46H50N4O. The molecule has 0 unspecified atom stereocenters. The van der Waals surface area contributed by atoms with Gasteiger partial charge >= 0.3 is 0 Å². The highest BCUT2D eigenvalue weighted by molar-refractivity contribution is 6.09. The highest BCUT2D eigenvalue weighted by Gasteiger charge is 2.29. The molecule has 5 heteroatoms. The second-order valence-corrected chi connectivity index (χ2v) is 15.9. The summed E-state index contributed by atoms with van der Waals surface area (Å²) in [6, 6.07) is 32.5. The zero-order chi connectivity index (χ0) is 36.2. The largest absolute Gasteiger partial charge is 0.457 e. The van der Waals surface area contributed by atoms with Gasteiger partial charge in [0.25, 0.3) is 0 Å². The molecule has 0 bridgehead atoms. The van der Waals surface area contributed by atoms with Crippen molar-refractivity contribution in [1.29, 1.82) is 0 Å². The Bertz CT molecular complexity index is 2380. The number of benzene rings is 4. The Morgan fingerprint density at radius 2 is 1.43 bits per heavy atom. The zero-order valence-corrected chi connectivity index (χ0v) is 31.8. The van der Waals surface area contributed by atoms with E-state index in [1.165, 1.54) is 49.8 Å². The van der Waals surface area contributed by atoms with Crippen LogP contribution in [0.3, 0.4) is 0 Å². The molecule has 3 heterocycles. The molecule has 4 aromatic carbocycles. The van der Waals surface area contributed by atoms with E-state index in [2.05, 4.69) is 169 Å². The number of fused-ring (bicyclic) bond motifs is 3. The molecule has 0 saturated carbocycles. The monoisotopic (exact) mass is 674 g/mol. The van der Waals surface area contributed by atoms with Gasteiger partial charge in [-0.1, -0.05) is 84.9 Å². The fourth-order valence-corrected chi connectivity index (χ4v) is 7.61. The lowest BCUT2D eigenvalue weighted by Crippen LogP contribution is -2.19. The summed E-state index contributed by atoms with van der Waals surface area (Å²) in [5.41, 5.74) is 12.8. The minimum atomic E-state index is -0.168. The minimum absolute atomic E-state index is 0.168. The third-order valence-corrected chi connectivity index (χ3v) is 9.89. The van der Waals surface area contributed by atoms with Gasteiger partial charge in [0.1, 0.15) is 17.3 Å². The smallest absolute Gasteiger partial charge is 0.137 e. The van der Waals surface area contributed by atoms with Crippen LogP contribution in [0.2, 0.25) is 0 Å². The average molecular weight is 675 g/mol. The molecule has 0 fully saturated rings. The van der Waals surface area contributed by atoms with Crippen LogP contribution in [0.5, 0.6) is 11.5 Å². The average Bonchev–Trinajstić information content (AvgIpc) is 3.59. The number of hydrogen-bond acceptors (Lipinski definition) is 3. The van der Waals surface area contributed by atoms with Crippen LogP contribution in [-0.2, 0) is 11.8 Å². The van der Waals surface area contributed by atoms with Crippen LogP contribution in [0.1, 0.15) is 88.0 Å². The first kappa shape index (κ1) is 34.3. The maximum absolute atomic E-state index is 6.81. The van der Waals surface area contributed by atoms with Gasteiger partial charge in [-0.15, -0.1) is 0 Å². The van der Waals surface area contributed by atoms with E-state index in [0.717, 1.165) is 46.2 Å². The van der Waals surface area contributed by atoms with Gasteiger partial charge in [-0.25, -0.2) is 9.67 Å². The van der Waals surface area contributed by atoms with Gasteiger partial charge in [0, 0.05) is 40.1 Å². The van der Waals surface area contributed by atoms with Crippen LogP contribution < -0.4 is 4.74 Å². The molecule has 5 nitrogen and oxygen atoms in total. The van der Waals surface area contributed by atoms with Crippen molar-refractivity contribution in [2.75, 3.05) is 0 Å². The van der Waals surface area contributed by atoms with Gasteiger partial charge in [0.2, 0.25) is 0 Å². The van der Waals surface area contributed by atoms with Crippen molar-refractivity contribution in [2.45, 2.75) is 87.0 Å². The predicted octanol–water partition coefficient (Wildman–Crippen LogP) is 12.4. The lowest BCUT2D eigenvalue weighted by Gasteiger charge is -2.24. The standard InChI is InChI=1S/C46H50N4O/c1-28(2)22-33-20-21-47-42(23-33)49-40-17-12-11-16-38(40)39-19-18-36(27-41(39)49)51-37-25-34(29(3)4)24-35(26-37)50-45(46(8,9)10)44(32(7)48-50)43-30(5)14-13-15-31(43)6/h11-21,23-29H,22H2,1-10H3. The lowest BCUT2D eigenvalue weighted by atomic mass is 9.83. The highest BCUT2D eigenvalue weighted by Crippen LogP contribution is 2.41. The van der Waals surface area contributed by atoms with E-state index in [1.807, 2.05) is 6.20 Å². The molecule has 0 aliphatic rings. The van der Waals surface area contributed by atoms with E-state index in [9.17, 15) is 0 Å². The number of ether oxygens (including phenoxy) is 1. The van der Waals surface area contributed by atoms with Gasteiger partial charge in [-0.05, 0) is 109 Å². The van der Waals surface area contributed by atoms with Crippen LogP contribution in [0.25, 0.3) is 44.4 Å². The summed E-state index contributed by atoms with van der Waals surface area (Å²) < 4.78 is 11.2. The third kappa shape index (κ3) is 6.46. The molecule has 7 rings (SSSR count). The number of pyridine rings is 1. The van der Waals surface area contributed by atoms with Gasteiger partial charge in [-0.3, -0.25) is 4.57 Å². The normalized spacial score (nSPS) is 12.2. The Hall–Kier alpha value is -5.16. The van der Waals surface area contributed by atoms with Crippen molar-refractivity contribution < 1.29 is 4.74 Å². The number of hydrogen-bond donors (Lipinski definition) is 0. The molecule has 0 spiro atoms. The Balaban J connectivity index is 1.37. The summed E-state index contributed by atoms with van der Waals surface area (Å²) in [7, 11) is 0. The maximum Gasteiger partial charge on any atom is 0.137 e. The van der Waals surface area contributed by atoms with Crippen LogP contribution in [0, 0.1) is 26.7 Å². The second kappa shape index (κ2) is 13.2. The van der Waals surface area contributed by atoms with Gasteiger partial charge < -0.3 is 4.74 Å². The SMILES string of the molecule is Cc1cccc(C)c1-c1c(C)nn(-c2cc(Oc3ccc4c5ccccc5n(-c5cc(CC(C)C)ccn5)c4c3)cc(C(C)C)c2)c1C(C)(C)C. The molecule has 0 radical (unpaired) electrons. The topological polar surface area (TPSA) is 44.9 Å². The molecular weight excluding hydrogens is 625 g/mol. The zero-order valence-electron chi connectivity index (χ0n) is 31.8. The summed E-state index contributed by atoms with van der Waals surface area (Å²) in [5.74, 6) is 3.35. The third-order valence-electron chi connectivity index (χ3n) is 9.89. The quantitative estimate of drug-likeness (QED) is 0.161. The lowest BCUT2D eigenvalue weighted by molar-refractivity contribution is 0.480. The van der Waals surface area contributed by atoms with Crippen LogP contribution in [-0.4, -0.2) is 19.3 Å². The molecule has 0 amide bonds. The summed E-state index contributed by atoms with van der Waals surface area (Å²) in [5, 5.41) is 7.61. The van der Waals surface area contributed by atoms with Crippen LogP contribution >= 0.6 is 0 Å². The maximum atomic E-state index is 6.81. The Morgan fingerprint density at radius 1 is 0.706 bits per heavy atom. The first-order valence-corrected chi connectivity index (χ1v) is 18.3. The van der Waals surface area contributed by atoms with Crippen molar-refractivity contribution in [1.82, 2.24) is 19.3 Å². The van der Waals surface area contributed by atoms with Gasteiger partial charge in [-0.2, -0.15) is 5.10 Å². The van der Waals surface area contributed by atoms with Crippen molar-refractivity contribution in [3.8, 4) is 34.1 Å². The van der Waals surface area contributed by atoms with E-state index >= 15 is 0 Å². The number of rotatable bonds is 8. The predicted molar refractivity (Wildman–Crippen MR) is 213 cm³/mol. The molecule has 0 aliphatic heterocycles. The first-order chi connectivity index (χ1) is 24.3. The van der Waals surface area contributed by atoms with E-state index in [4.69, 9.17) is 14.8 Å². The molecule has 7 aromatic rings. The fourth-order valence-electron chi connectivity index (χ4n) is 7.61. The van der Waals surface area contributed by atoms with Crippen molar-refractivity contribution in [3.63, 3.8) is 0 Å². The molecule has 0 aliphatic carbocycles. The van der Waals surface area contributed by atoms with Crippen LogP contribution in [0.15, 0.2) is 97.2 Å². The van der Waals surface area contributed by atoms with E-state index < -0.39 is 0 Å². The van der Waals surface area contributed by atoms with Crippen molar-refractivity contribution >= 4 is 21.8 Å². The van der Waals surface area contributed by atoms with E-state index in [0.29, 0.717) is 11.8 Å². The van der Waals surface area contributed by atoms with Crippen molar-refractivity contribution in [2.24, 2.45) is 5.92 Å². The van der Waals surface area contributed by atoms with Gasteiger partial charge in [0.05, 0.1) is 28.1 Å². The number of aromatic nitrogens is 4. The number of nitrogens with zero attached hydrogens (tertiary/aromatic N) is 4.